The van der Waals surface area contributed by atoms with Gasteiger partial charge in [0, 0.05) is 13.7 Å². The standard InChI is InChI=1S/C16H32N2O/c1-15(2,3)13-7-9-18(10-8-13)16(11-17,12-19-4)14-5-6-14/h13-14H,5-12,17H2,1-4H3. The molecule has 1 saturated carbocycles. The summed E-state index contributed by atoms with van der Waals surface area (Å²) >= 11 is 0. The van der Waals surface area contributed by atoms with Gasteiger partial charge >= 0.3 is 0 Å². The topological polar surface area (TPSA) is 38.5 Å². The van der Waals surface area contributed by atoms with Crippen LogP contribution in [0.4, 0.5) is 0 Å². The van der Waals surface area contributed by atoms with E-state index in [0.717, 1.165) is 25.0 Å². The predicted molar refractivity (Wildman–Crippen MR) is 80.1 cm³/mol. The van der Waals surface area contributed by atoms with Gasteiger partial charge in [-0.15, -0.1) is 0 Å². The molecule has 1 atom stereocenters. The van der Waals surface area contributed by atoms with E-state index < -0.39 is 0 Å². The second-order valence-corrected chi connectivity index (χ2v) is 7.64. The summed E-state index contributed by atoms with van der Waals surface area (Å²) in [6, 6.07) is 0. The van der Waals surface area contributed by atoms with E-state index in [-0.39, 0.29) is 5.54 Å². The highest BCUT2D eigenvalue weighted by Gasteiger charge is 2.49. The van der Waals surface area contributed by atoms with E-state index in [4.69, 9.17) is 10.5 Å². The second kappa shape index (κ2) is 5.71. The fraction of sp³-hybridized carbons (Fsp3) is 1.00. The van der Waals surface area contributed by atoms with Gasteiger partial charge in [0.1, 0.15) is 0 Å². The van der Waals surface area contributed by atoms with Crippen molar-refractivity contribution in [2.24, 2.45) is 23.0 Å². The summed E-state index contributed by atoms with van der Waals surface area (Å²) in [4.78, 5) is 2.65. The summed E-state index contributed by atoms with van der Waals surface area (Å²) < 4.78 is 5.53. The minimum atomic E-state index is 0.123. The van der Waals surface area contributed by atoms with Gasteiger partial charge in [-0.25, -0.2) is 0 Å². The van der Waals surface area contributed by atoms with Crippen molar-refractivity contribution in [3.63, 3.8) is 0 Å². The van der Waals surface area contributed by atoms with E-state index in [9.17, 15) is 0 Å². The molecule has 0 aromatic carbocycles. The van der Waals surface area contributed by atoms with Gasteiger partial charge in [0.2, 0.25) is 0 Å². The molecule has 2 aliphatic rings. The molecule has 1 aliphatic heterocycles. The molecule has 0 aromatic heterocycles. The van der Waals surface area contributed by atoms with Crippen LogP contribution >= 0.6 is 0 Å². The Morgan fingerprint density at radius 1 is 1.05 bits per heavy atom. The average Bonchev–Trinajstić information content (AvgIpc) is 3.20. The highest BCUT2D eigenvalue weighted by Crippen LogP contribution is 2.45. The zero-order chi connectivity index (χ0) is 14.1. The predicted octanol–water partition coefficient (Wildman–Crippen LogP) is 2.50. The first-order valence-corrected chi connectivity index (χ1v) is 7.88. The summed E-state index contributed by atoms with van der Waals surface area (Å²) in [6.07, 6.45) is 5.28. The van der Waals surface area contributed by atoms with Gasteiger partial charge in [-0.2, -0.15) is 0 Å². The molecule has 0 spiro atoms. The van der Waals surface area contributed by atoms with Crippen LogP contribution in [-0.4, -0.2) is 43.8 Å². The molecule has 112 valence electrons. The van der Waals surface area contributed by atoms with Crippen molar-refractivity contribution in [2.75, 3.05) is 33.4 Å². The van der Waals surface area contributed by atoms with Gasteiger partial charge in [0.15, 0.2) is 0 Å². The van der Waals surface area contributed by atoms with Gasteiger partial charge in [0.05, 0.1) is 12.1 Å². The Kier molecular flexibility index (Phi) is 4.59. The Hall–Kier alpha value is -0.120. The normalized spacial score (nSPS) is 26.4. The first-order valence-electron chi connectivity index (χ1n) is 7.88. The first-order chi connectivity index (χ1) is 8.94. The van der Waals surface area contributed by atoms with E-state index in [1.54, 1.807) is 0 Å². The molecule has 0 aromatic rings. The van der Waals surface area contributed by atoms with Crippen LogP contribution in [0.2, 0.25) is 0 Å². The number of nitrogens with two attached hydrogens (primary N) is 1. The zero-order valence-corrected chi connectivity index (χ0v) is 13.2. The molecule has 0 amide bonds. The van der Waals surface area contributed by atoms with Gasteiger partial charge in [-0.3, -0.25) is 4.90 Å². The summed E-state index contributed by atoms with van der Waals surface area (Å²) in [6.45, 7) is 11.1. The van der Waals surface area contributed by atoms with E-state index in [0.29, 0.717) is 5.41 Å². The third-order valence-corrected chi connectivity index (χ3v) is 5.43. The quantitative estimate of drug-likeness (QED) is 0.832. The Labute approximate surface area is 118 Å². The van der Waals surface area contributed by atoms with Crippen molar-refractivity contribution < 1.29 is 4.74 Å². The fourth-order valence-corrected chi connectivity index (χ4v) is 3.88. The Balaban J connectivity index is 2.01. The van der Waals surface area contributed by atoms with Crippen molar-refractivity contribution in [1.29, 1.82) is 0 Å². The maximum atomic E-state index is 6.16. The molecule has 0 radical (unpaired) electrons. The molecule has 0 bridgehead atoms. The molecule has 3 heteroatoms. The van der Waals surface area contributed by atoms with Crippen LogP contribution in [0.25, 0.3) is 0 Å². The zero-order valence-electron chi connectivity index (χ0n) is 13.2. The number of piperidine rings is 1. The number of hydrogen-bond donors (Lipinski definition) is 1. The number of methoxy groups -OCH3 is 1. The monoisotopic (exact) mass is 268 g/mol. The second-order valence-electron chi connectivity index (χ2n) is 7.64. The van der Waals surface area contributed by atoms with E-state index in [1.165, 1.54) is 38.8 Å². The van der Waals surface area contributed by atoms with Gasteiger partial charge in [0.25, 0.3) is 0 Å². The van der Waals surface area contributed by atoms with Crippen LogP contribution in [0.3, 0.4) is 0 Å². The molecule has 1 heterocycles. The Bertz CT molecular complexity index is 288. The summed E-state index contributed by atoms with van der Waals surface area (Å²) in [5.74, 6) is 1.62. The lowest BCUT2D eigenvalue weighted by molar-refractivity contribution is -0.0294. The van der Waals surface area contributed by atoms with Crippen molar-refractivity contribution in [3.05, 3.63) is 0 Å². The van der Waals surface area contributed by atoms with Crippen LogP contribution in [-0.2, 0) is 4.74 Å². The molecular formula is C16H32N2O. The van der Waals surface area contributed by atoms with Crippen LogP contribution in [0.1, 0.15) is 46.5 Å². The fourth-order valence-electron chi connectivity index (χ4n) is 3.88. The molecule has 2 rings (SSSR count). The maximum Gasteiger partial charge on any atom is 0.0661 e. The van der Waals surface area contributed by atoms with Crippen molar-refractivity contribution >= 4 is 0 Å². The average molecular weight is 268 g/mol. The third-order valence-electron chi connectivity index (χ3n) is 5.43. The molecular weight excluding hydrogens is 236 g/mol. The van der Waals surface area contributed by atoms with E-state index in [2.05, 4.69) is 25.7 Å². The number of hydrogen-bond acceptors (Lipinski definition) is 3. The van der Waals surface area contributed by atoms with Crippen molar-refractivity contribution in [3.8, 4) is 0 Å². The minimum absolute atomic E-state index is 0.123. The van der Waals surface area contributed by atoms with Crippen LogP contribution in [0.5, 0.6) is 0 Å². The molecule has 1 saturated heterocycles. The lowest BCUT2D eigenvalue weighted by Crippen LogP contribution is -2.61. The molecule has 19 heavy (non-hydrogen) atoms. The number of ether oxygens (including phenoxy) is 1. The Morgan fingerprint density at radius 2 is 1.63 bits per heavy atom. The minimum Gasteiger partial charge on any atom is -0.383 e. The molecule has 1 aliphatic carbocycles. The summed E-state index contributed by atoms with van der Waals surface area (Å²) in [5.41, 5.74) is 6.73. The summed E-state index contributed by atoms with van der Waals surface area (Å²) in [5, 5.41) is 0. The molecule has 2 N–H and O–H groups in total. The van der Waals surface area contributed by atoms with Crippen molar-refractivity contribution in [1.82, 2.24) is 4.90 Å². The number of rotatable bonds is 5. The SMILES string of the molecule is COCC(CN)(C1CC1)N1CCC(C(C)(C)C)CC1. The van der Waals surface area contributed by atoms with Crippen LogP contribution in [0.15, 0.2) is 0 Å². The first kappa shape index (κ1) is 15.3. The van der Waals surface area contributed by atoms with Crippen LogP contribution in [0, 0.1) is 17.3 Å². The van der Waals surface area contributed by atoms with E-state index in [1.807, 2.05) is 7.11 Å². The van der Waals surface area contributed by atoms with Gasteiger partial charge in [-0.05, 0) is 56.0 Å². The van der Waals surface area contributed by atoms with Gasteiger partial charge in [-0.1, -0.05) is 20.8 Å². The molecule has 3 nitrogen and oxygen atoms in total. The van der Waals surface area contributed by atoms with E-state index >= 15 is 0 Å². The van der Waals surface area contributed by atoms with Gasteiger partial charge < -0.3 is 10.5 Å². The number of likely N-dealkylation sites (tertiary alicyclic amines) is 1. The highest BCUT2D eigenvalue weighted by atomic mass is 16.5. The van der Waals surface area contributed by atoms with Crippen molar-refractivity contribution in [2.45, 2.75) is 52.0 Å². The third kappa shape index (κ3) is 3.14. The lowest BCUT2D eigenvalue weighted by atomic mass is 9.74. The lowest BCUT2D eigenvalue weighted by Gasteiger charge is -2.48. The molecule has 1 unspecified atom stereocenters. The maximum absolute atomic E-state index is 6.16. The molecule has 2 fully saturated rings. The largest absolute Gasteiger partial charge is 0.383 e. The Morgan fingerprint density at radius 3 is 2.00 bits per heavy atom. The summed E-state index contributed by atoms with van der Waals surface area (Å²) in [7, 11) is 1.81. The highest BCUT2D eigenvalue weighted by molar-refractivity contribution is 5.04. The van der Waals surface area contributed by atoms with Crippen LogP contribution < -0.4 is 5.73 Å². The smallest absolute Gasteiger partial charge is 0.0661 e. The number of nitrogens with zero attached hydrogens (tertiary/aromatic N) is 1.